The van der Waals surface area contributed by atoms with Crippen molar-refractivity contribution in [3.8, 4) is 0 Å². The van der Waals surface area contributed by atoms with Gasteiger partial charge < -0.3 is 15.2 Å². The number of rotatable bonds is 4. The molecule has 0 fully saturated rings. The van der Waals surface area contributed by atoms with Crippen LogP contribution in [0.15, 0.2) is 0 Å². The predicted molar refractivity (Wildman–Crippen MR) is 68.9 cm³/mol. The van der Waals surface area contributed by atoms with Gasteiger partial charge in [0, 0.05) is 0 Å². The number of hydrogen-bond donors (Lipinski definition) is 2. The van der Waals surface area contributed by atoms with E-state index in [1.165, 1.54) is 0 Å². The van der Waals surface area contributed by atoms with E-state index in [1.807, 2.05) is 20.8 Å². The van der Waals surface area contributed by atoms with Gasteiger partial charge in [-0.2, -0.15) is 0 Å². The summed E-state index contributed by atoms with van der Waals surface area (Å²) in [5.74, 6) is 0. The largest absolute Gasteiger partial charge is 0.444 e. The smallest absolute Gasteiger partial charge is 0.407 e. The molecule has 102 valence electrons. The molecule has 1 atom stereocenters. The second-order valence-corrected chi connectivity index (χ2v) is 6.63. The van der Waals surface area contributed by atoms with Gasteiger partial charge in [-0.15, -0.1) is 0 Å². The Morgan fingerprint density at radius 2 is 1.76 bits per heavy atom. The molecule has 4 heteroatoms. The first-order valence-corrected chi connectivity index (χ1v) is 6.14. The van der Waals surface area contributed by atoms with Crippen LogP contribution >= 0.6 is 0 Å². The Balaban J connectivity index is 4.09. The molecule has 1 unspecified atom stereocenters. The number of alkyl carbamates (subject to hydrolysis) is 1. The minimum Gasteiger partial charge on any atom is -0.444 e. The lowest BCUT2D eigenvalue weighted by molar-refractivity contribution is 0.0474. The van der Waals surface area contributed by atoms with Gasteiger partial charge in [-0.05, 0) is 39.0 Å². The molecule has 0 aromatic heterocycles. The van der Waals surface area contributed by atoms with E-state index in [4.69, 9.17) is 4.74 Å². The van der Waals surface area contributed by atoms with E-state index in [0.717, 1.165) is 12.8 Å². The fourth-order valence-electron chi connectivity index (χ4n) is 1.29. The Morgan fingerprint density at radius 1 is 1.24 bits per heavy atom. The van der Waals surface area contributed by atoms with Crippen LogP contribution in [0.25, 0.3) is 0 Å². The molecule has 0 aliphatic carbocycles. The Kier molecular flexibility index (Phi) is 5.96. The minimum atomic E-state index is -0.506. The van der Waals surface area contributed by atoms with Gasteiger partial charge in [0.25, 0.3) is 0 Å². The van der Waals surface area contributed by atoms with Crippen molar-refractivity contribution < 1.29 is 14.6 Å². The molecule has 0 aromatic carbocycles. The normalized spacial score (nSPS) is 14.3. The number of aliphatic hydroxyl groups excluding tert-OH is 1. The molecule has 0 rings (SSSR count). The average Bonchev–Trinajstić information content (AvgIpc) is 2.07. The highest BCUT2D eigenvalue weighted by molar-refractivity contribution is 5.68. The van der Waals surface area contributed by atoms with E-state index in [1.54, 1.807) is 0 Å². The lowest BCUT2D eigenvalue weighted by atomic mass is 9.89. The fraction of sp³-hybridized carbons (Fsp3) is 0.923. The number of carbonyl (C=O) groups excluding carboxylic acids is 1. The third-order valence-electron chi connectivity index (χ3n) is 2.18. The molecule has 0 aliphatic heterocycles. The van der Waals surface area contributed by atoms with Crippen molar-refractivity contribution in [1.29, 1.82) is 0 Å². The second-order valence-electron chi connectivity index (χ2n) is 6.63. The number of amides is 1. The first-order valence-electron chi connectivity index (χ1n) is 6.14. The van der Waals surface area contributed by atoms with Gasteiger partial charge >= 0.3 is 6.09 Å². The van der Waals surface area contributed by atoms with Crippen molar-refractivity contribution in [3.63, 3.8) is 0 Å². The van der Waals surface area contributed by atoms with Gasteiger partial charge in [0.2, 0.25) is 0 Å². The van der Waals surface area contributed by atoms with Crippen molar-refractivity contribution in [2.45, 2.75) is 66.0 Å². The summed E-state index contributed by atoms with van der Waals surface area (Å²) < 4.78 is 5.14. The molecule has 0 saturated heterocycles. The number of ether oxygens (including phenoxy) is 1. The van der Waals surface area contributed by atoms with E-state index in [0.29, 0.717) is 0 Å². The first-order chi connectivity index (χ1) is 7.53. The van der Waals surface area contributed by atoms with Gasteiger partial charge in [-0.25, -0.2) is 4.79 Å². The summed E-state index contributed by atoms with van der Waals surface area (Å²) in [5, 5.41) is 11.9. The zero-order valence-corrected chi connectivity index (χ0v) is 12.0. The molecule has 0 bridgehead atoms. The van der Waals surface area contributed by atoms with Crippen molar-refractivity contribution >= 4 is 6.09 Å². The van der Waals surface area contributed by atoms with Gasteiger partial charge in [-0.3, -0.25) is 0 Å². The van der Waals surface area contributed by atoms with Crippen molar-refractivity contribution in [1.82, 2.24) is 5.32 Å². The highest BCUT2D eigenvalue weighted by Gasteiger charge is 2.20. The van der Waals surface area contributed by atoms with Crippen LogP contribution in [0.3, 0.4) is 0 Å². The fourth-order valence-corrected chi connectivity index (χ4v) is 1.29. The summed E-state index contributed by atoms with van der Waals surface area (Å²) in [6.45, 7) is 11.8. The van der Waals surface area contributed by atoms with Gasteiger partial charge in [0.1, 0.15) is 5.60 Å². The molecular formula is C13H27NO3. The number of carbonyl (C=O) groups is 1. The van der Waals surface area contributed by atoms with Crippen LogP contribution in [-0.4, -0.2) is 29.4 Å². The third kappa shape index (κ3) is 10.1. The molecule has 1 amide bonds. The van der Waals surface area contributed by atoms with Crippen molar-refractivity contribution in [3.05, 3.63) is 0 Å². The number of hydrogen-bond acceptors (Lipinski definition) is 3. The third-order valence-corrected chi connectivity index (χ3v) is 2.18. The maximum absolute atomic E-state index is 11.5. The van der Waals surface area contributed by atoms with E-state index >= 15 is 0 Å². The monoisotopic (exact) mass is 245 g/mol. The van der Waals surface area contributed by atoms with Crippen LogP contribution in [0.5, 0.6) is 0 Å². The van der Waals surface area contributed by atoms with E-state index in [-0.39, 0.29) is 18.1 Å². The summed E-state index contributed by atoms with van der Waals surface area (Å²) in [5.41, 5.74) is -0.308. The predicted octanol–water partition coefficient (Wildman–Crippen LogP) is 2.70. The van der Waals surface area contributed by atoms with Crippen molar-refractivity contribution in [2.24, 2.45) is 5.41 Å². The minimum absolute atomic E-state index is 0.0602. The molecular weight excluding hydrogens is 218 g/mol. The van der Waals surface area contributed by atoms with Crippen LogP contribution in [0.1, 0.15) is 54.4 Å². The first kappa shape index (κ1) is 16.2. The van der Waals surface area contributed by atoms with Crippen LogP contribution in [-0.2, 0) is 4.74 Å². The molecule has 0 aromatic rings. The highest BCUT2D eigenvalue weighted by Crippen LogP contribution is 2.21. The summed E-state index contributed by atoms with van der Waals surface area (Å²) in [6, 6.07) is -0.232. The Morgan fingerprint density at radius 3 is 2.12 bits per heavy atom. The molecule has 0 radical (unpaired) electrons. The Labute approximate surface area is 105 Å². The zero-order valence-electron chi connectivity index (χ0n) is 12.0. The molecule has 0 saturated carbocycles. The summed E-state index contributed by atoms with van der Waals surface area (Å²) in [6.07, 6.45) is 1.22. The lowest BCUT2D eigenvalue weighted by Crippen LogP contribution is -2.41. The highest BCUT2D eigenvalue weighted by atomic mass is 16.6. The molecule has 2 N–H and O–H groups in total. The average molecular weight is 245 g/mol. The maximum Gasteiger partial charge on any atom is 0.407 e. The number of nitrogens with one attached hydrogen (secondary N) is 1. The molecule has 0 spiro atoms. The molecule has 17 heavy (non-hydrogen) atoms. The molecule has 4 nitrogen and oxygen atoms in total. The maximum atomic E-state index is 11.5. The lowest BCUT2D eigenvalue weighted by Gasteiger charge is -2.25. The molecule has 0 aliphatic rings. The van der Waals surface area contributed by atoms with Crippen LogP contribution in [0, 0.1) is 5.41 Å². The Hall–Kier alpha value is -0.770. The van der Waals surface area contributed by atoms with Gasteiger partial charge in [-0.1, -0.05) is 20.8 Å². The Bertz CT molecular complexity index is 238. The zero-order chi connectivity index (χ0) is 13.7. The van der Waals surface area contributed by atoms with Gasteiger partial charge in [0.05, 0.1) is 12.6 Å². The van der Waals surface area contributed by atoms with Crippen LogP contribution in [0.4, 0.5) is 4.79 Å². The second kappa shape index (κ2) is 6.24. The standard InChI is InChI=1S/C13H27NO3/c1-12(2,3)8-7-10(9-15)14-11(16)17-13(4,5)6/h10,15H,7-9H2,1-6H3,(H,14,16). The summed E-state index contributed by atoms with van der Waals surface area (Å²) >= 11 is 0. The number of aliphatic hydroxyl groups is 1. The SMILES string of the molecule is CC(C)(C)CCC(CO)NC(=O)OC(C)(C)C. The quantitative estimate of drug-likeness (QED) is 0.800. The van der Waals surface area contributed by atoms with E-state index in [9.17, 15) is 9.90 Å². The van der Waals surface area contributed by atoms with Crippen molar-refractivity contribution in [2.75, 3.05) is 6.61 Å². The summed E-state index contributed by atoms with van der Waals surface area (Å²) in [4.78, 5) is 11.5. The van der Waals surface area contributed by atoms with Crippen LogP contribution in [0.2, 0.25) is 0 Å². The van der Waals surface area contributed by atoms with E-state index < -0.39 is 11.7 Å². The van der Waals surface area contributed by atoms with E-state index in [2.05, 4.69) is 26.1 Å². The molecule has 0 heterocycles. The topological polar surface area (TPSA) is 58.6 Å². The van der Waals surface area contributed by atoms with Crippen LogP contribution < -0.4 is 5.32 Å². The van der Waals surface area contributed by atoms with Gasteiger partial charge in [0.15, 0.2) is 0 Å². The summed E-state index contributed by atoms with van der Waals surface area (Å²) in [7, 11) is 0.